The molecule has 0 saturated carbocycles. The van der Waals surface area contributed by atoms with E-state index in [0.29, 0.717) is 5.57 Å². The zero-order valence-corrected chi connectivity index (χ0v) is 9.35. The summed E-state index contributed by atoms with van der Waals surface area (Å²) < 4.78 is 0. The zero-order valence-electron chi connectivity index (χ0n) is 9.35. The van der Waals surface area contributed by atoms with Crippen LogP contribution in [0.4, 0.5) is 0 Å². The van der Waals surface area contributed by atoms with E-state index in [1.54, 1.807) is 19.1 Å². The topological polar surface area (TPSA) is 17.1 Å². The highest BCUT2D eigenvalue weighted by Crippen LogP contribution is 2.03. The van der Waals surface area contributed by atoms with Crippen molar-refractivity contribution in [1.29, 1.82) is 0 Å². The van der Waals surface area contributed by atoms with E-state index >= 15 is 0 Å². The zero-order chi connectivity index (χ0) is 10.9. The second kappa shape index (κ2) is 8.98. The fourth-order valence-corrected chi connectivity index (χ4v) is 0.712. The number of carbonyl (C=O) groups excluding carboxylic acids is 1. The highest BCUT2D eigenvalue weighted by atomic mass is 16.1. The minimum absolute atomic E-state index is 0.0751. The number of ketones is 1. The first-order valence-electron chi connectivity index (χ1n) is 4.58. The molecular formula is C12H20O. The van der Waals surface area contributed by atoms with E-state index in [1.165, 1.54) is 0 Å². The normalized spacial score (nSPS) is 10.7. The first-order valence-corrected chi connectivity index (χ1v) is 4.58. The molecular weight excluding hydrogens is 160 g/mol. The summed E-state index contributed by atoms with van der Waals surface area (Å²) in [7, 11) is 0. The van der Waals surface area contributed by atoms with Crippen LogP contribution >= 0.6 is 0 Å². The number of allylic oxidation sites excluding steroid dienone is 5. The summed E-state index contributed by atoms with van der Waals surface area (Å²) in [5.41, 5.74) is 1.60. The van der Waals surface area contributed by atoms with Gasteiger partial charge in [-0.2, -0.15) is 0 Å². The predicted octanol–water partition coefficient (Wildman–Crippen LogP) is 3.68. The SMILES string of the molecule is C=C(C)/C=C(\C=C/C)C(C)=O.CC. The van der Waals surface area contributed by atoms with Crippen molar-refractivity contribution in [3.63, 3.8) is 0 Å². The van der Waals surface area contributed by atoms with Gasteiger partial charge in [0, 0.05) is 5.57 Å². The van der Waals surface area contributed by atoms with E-state index < -0.39 is 0 Å². The maximum Gasteiger partial charge on any atom is 0.159 e. The fraction of sp³-hybridized carbons (Fsp3) is 0.417. The van der Waals surface area contributed by atoms with Crippen molar-refractivity contribution >= 4 is 5.78 Å². The Morgan fingerprint density at radius 2 is 1.69 bits per heavy atom. The smallest absolute Gasteiger partial charge is 0.159 e. The van der Waals surface area contributed by atoms with Crippen molar-refractivity contribution in [3.8, 4) is 0 Å². The monoisotopic (exact) mass is 180 g/mol. The summed E-state index contributed by atoms with van der Waals surface area (Å²) in [5.74, 6) is 0.0751. The van der Waals surface area contributed by atoms with Gasteiger partial charge >= 0.3 is 0 Å². The van der Waals surface area contributed by atoms with Gasteiger partial charge in [0.1, 0.15) is 0 Å². The molecule has 0 aliphatic rings. The Balaban J connectivity index is 0. The number of rotatable bonds is 3. The van der Waals surface area contributed by atoms with Crippen molar-refractivity contribution < 1.29 is 4.79 Å². The second-order valence-corrected chi connectivity index (χ2v) is 2.50. The Labute approximate surface area is 81.9 Å². The Hall–Kier alpha value is -1.11. The number of hydrogen-bond donors (Lipinski definition) is 0. The third-order valence-electron chi connectivity index (χ3n) is 1.15. The Bertz CT molecular complexity index is 219. The number of carbonyl (C=O) groups is 1. The van der Waals surface area contributed by atoms with Gasteiger partial charge in [0.2, 0.25) is 0 Å². The summed E-state index contributed by atoms with van der Waals surface area (Å²) in [6.45, 7) is 13.0. The molecule has 74 valence electrons. The van der Waals surface area contributed by atoms with E-state index in [4.69, 9.17) is 0 Å². The lowest BCUT2D eigenvalue weighted by Gasteiger charge is -1.94. The van der Waals surface area contributed by atoms with Gasteiger partial charge < -0.3 is 0 Å². The van der Waals surface area contributed by atoms with Crippen LogP contribution in [-0.2, 0) is 4.79 Å². The molecule has 1 nitrogen and oxygen atoms in total. The van der Waals surface area contributed by atoms with Crippen LogP contribution < -0.4 is 0 Å². The molecule has 0 aliphatic heterocycles. The minimum Gasteiger partial charge on any atom is -0.295 e. The van der Waals surface area contributed by atoms with Gasteiger partial charge in [-0.1, -0.05) is 38.2 Å². The largest absolute Gasteiger partial charge is 0.295 e. The van der Waals surface area contributed by atoms with Crippen molar-refractivity contribution in [2.75, 3.05) is 0 Å². The molecule has 0 radical (unpaired) electrons. The third kappa shape index (κ3) is 8.80. The van der Waals surface area contributed by atoms with Gasteiger partial charge in [-0.15, -0.1) is 0 Å². The molecule has 1 heteroatoms. The summed E-state index contributed by atoms with van der Waals surface area (Å²) in [5, 5.41) is 0. The molecule has 0 fully saturated rings. The average Bonchev–Trinajstić information content (AvgIpc) is 2.06. The molecule has 0 aromatic carbocycles. The molecule has 0 aromatic heterocycles. The lowest BCUT2D eigenvalue weighted by molar-refractivity contribution is -0.113. The molecule has 0 spiro atoms. The molecule has 0 aromatic rings. The van der Waals surface area contributed by atoms with Crippen molar-refractivity contribution in [1.82, 2.24) is 0 Å². The lowest BCUT2D eigenvalue weighted by atomic mass is 10.1. The average molecular weight is 180 g/mol. The van der Waals surface area contributed by atoms with Crippen molar-refractivity contribution in [2.45, 2.75) is 34.6 Å². The summed E-state index contributed by atoms with van der Waals surface area (Å²) >= 11 is 0. The van der Waals surface area contributed by atoms with Gasteiger partial charge in [-0.05, 0) is 26.8 Å². The fourth-order valence-electron chi connectivity index (χ4n) is 0.712. The molecule has 0 saturated heterocycles. The Morgan fingerprint density at radius 3 is 1.92 bits per heavy atom. The van der Waals surface area contributed by atoms with Crippen LogP contribution in [0.2, 0.25) is 0 Å². The van der Waals surface area contributed by atoms with Gasteiger partial charge in [0.05, 0.1) is 0 Å². The maximum atomic E-state index is 10.9. The van der Waals surface area contributed by atoms with Gasteiger partial charge in [0.15, 0.2) is 5.78 Å². The quantitative estimate of drug-likeness (QED) is 0.478. The summed E-state index contributed by atoms with van der Waals surface area (Å²) in [6, 6.07) is 0. The number of hydrogen-bond acceptors (Lipinski definition) is 1. The van der Waals surface area contributed by atoms with Crippen LogP contribution in [0.15, 0.2) is 36.0 Å². The third-order valence-corrected chi connectivity index (χ3v) is 1.15. The number of Topliss-reactive ketones (excluding diaryl/α,β-unsaturated/α-hetero) is 1. The summed E-state index contributed by atoms with van der Waals surface area (Å²) in [4.78, 5) is 10.9. The van der Waals surface area contributed by atoms with Crippen LogP contribution in [0.5, 0.6) is 0 Å². The van der Waals surface area contributed by atoms with Crippen molar-refractivity contribution in [2.24, 2.45) is 0 Å². The standard InChI is InChI=1S/C10H14O.C2H6/c1-5-6-10(9(4)11)7-8(2)3;1-2/h5-7H,2H2,1,3-4H3;1-2H3/b6-5-,10-7+;. The van der Waals surface area contributed by atoms with E-state index in [9.17, 15) is 4.79 Å². The first-order chi connectivity index (χ1) is 6.07. The minimum atomic E-state index is 0.0751. The van der Waals surface area contributed by atoms with Crippen LogP contribution in [-0.4, -0.2) is 5.78 Å². The molecule has 0 amide bonds. The molecule has 13 heavy (non-hydrogen) atoms. The van der Waals surface area contributed by atoms with Crippen LogP contribution in [0.3, 0.4) is 0 Å². The molecule has 0 aliphatic carbocycles. The van der Waals surface area contributed by atoms with E-state index in [1.807, 2.05) is 33.8 Å². The first kappa shape index (κ1) is 14.4. The van der Waals surface area contributed by atoms with Crippen LogP contribution in [0, 0.1) is 0 Å². The highest BCUT2D eigenvalue weighted by molar-refractivity contribution is 5.96. The molecule has 0 heterocycles. The molecule has 0 rings (SSSR count). The summed E-state index contributed by atoms with van der Waals surface area (Å²) in [6.07, 6.45) is 5.41. The molecule has 0 unspecified atom stereocenters. The predicted molar refractivity (Wildman–Crippen MR) is 59.7 cm³/mol. The van der Waals surface area contributed by atoms with Gasteiger partial charge in [-0.25, -0.2) is 0 Å². The van der Waals surface area contributed by atoms with Crippen LogP contribution in [0.25, 0.3) is 0 Å². The maximum absolute atomic E-state index is 10.9. The lowest BCUT2D eigenvalue weighted by Crippen LogP contribution is -1.92. The second-order valence-electron chi connectivity index (χ2n) is 2.50. The highest BCUT2D eigenvalue weighted by Gasteiger charge is 1.96. The molecule has 0 atom stereocenters. The van der Waals surface area contributed by atoms with E-state index in [-0.39, 0.29) is 5.78 Å². The Kier molecular flexibility index (Phi) is 9.96. The molecule has 0 N–H and O–H groups in total. The van der Waals surface area contributed by atoms with Crippen molar-refractivity contribution in [3.05, 3.63) is 36.0 Å². The molecule has 0 bridgehead atoms. The Morgan fingerprint density at radius 1 is 1.23 bits per heavy atom. The van der Waals surface area contributed by atoms with Gasteiger partial charge in [0.25, 0.3) is 0 Å². The van der Waals surface area contributed by atoms with Gasteiger partial charge in [-0.3, -0.25) is 4.79 Å². The van der Waals surface area contributed by atoms with E-state index in [0.717, 1.165) is 5.57 Å². The van der Waals surface area contributed by atoms with E-state index in [2.05, 4.69) is 6.58 Å². The van der Waals surface area contributed by atoms with Crippen LogP contribution in [0.1, 0.15) is 34.6 Å².